The van der Waals surface area contributed by atoms with Gasteiger partial charge >= 0.3 is 0 Å². The van der Waals surface area contributed by atoms with Crippen LogP contribution in [0.15, 0.2) is 188 Å². The SMILES string of the molecule is C1=C(c2ccccc2)CCC(N(c2ccc(-c3ccccc3)cc2)c2ccc(-c3ccc(-n4c5ccccc5c5ccccc54)cc3)cc2)C1. The molecule has 240 valence electrons. The van der Waals surface area contributed by atoms with E-state index in [1.807, 2.05) is 0 Å². The second kappa shape index (κ2) is 13.1. The summed E-state index contributed by atoms with van der Waals surface area (Å²) in [6.07, 6.45) is 5.65. The summed E-state index contributed by atoms with van der Waals surface area (Å²) in [6, 6.07) is 66.5. The van der Waals surface area contributed by atoms with Gasteiger partial charge in [0.2, 0.25) is 0 Å². The van der Waals surface area contributed by atoms with Crippen LogP contribution in [0.4, 0.5) is 11.4 Å². The van der Waals surface area contributed by atoms with Crippen molar-refractivity contribution in [1.29, 1.82) is 0 Å². The normalized spacial score (nSPS) is 14.5. The first-order valence-electron chi connectivity index (χ1n) is 17.7. The Kier molecular flexibility index (Phi) is 7.83. The minimum Gasteiger partial charge on any atom is -0.338 e. The summed E-state index contributed by atoms with van der Waals surface area (Å²) in [4.78, 5) is 2.56. The maximum atomic E-state index is 2.56. The highest BCUT2D eigenvalue weighted by Gasteiger charge is 2.24. The van der Waals surface area contributed by atoms with Crippen LogP contribution in [0.2, 0.25) is 0 Å². The molecule has 50 heavy (non-hydrogen) atoms. The monoisotopic (exact) mass is 642 g/mol. The lowest BCUT2D eigenvalue weighted by Gasteiger charge is -2.36. The van der Waals surface area contributed by atoms with E-state index in [9.17, 15) is 0 Å². The van der Waals surface area contributed by atoms with Crippen molar-refractivity contribution in [2.24, 2.45) is 0 Å². The summed E-state index contributed by atoms with van der Waals surface area (Å²) in [5.74, 6) is 0. The lowest BCUT2D eigenvalue weighted by molar-refractivity contribution is 0.598. The lowest BCUT2D eigenvalue weighted by Crippen LogP contribution is -2.32. The highest BCUT2D eigenvalue weighted by Crippen LogP contribution is 2.38. The molecule has 0 bridgehead atoms. The second-order valence-corrected chi connectivity index (χ2v) is 13.3. The van der Waals surface area contributed by atoms with Gasteiger partial charge in [0.1, 0.15) is 0 Å². The van der Waals surface area contributed by atoms with Crippen molar-refractivity contribution >= 4 is 38.8 Å². The fourth-order valence-corrected chi connectivity index (χ4v) is 7.80. The third-order valence-electron chi connectivity index (χ3n) is 10.3. The van der Waals surface area contributed by atoms with E-state index in [-0.39, 0.29) is 0 Å². The van der Waals surface area contributed by atoms with Crippen molar-refractivity contribution in [2.45, 2.75) is 25.3 Å². The fourth-order valence-electron chi connectivity index (χ4n) is 7.80. The predicted molar refractivity (Wildman–Crippen MR) is 212 cm³/mol. The van der Waals surface area contributed by atoms with E-state index >= 15 is 0 Å². The Balaban J connectivity index is 1.03. The number of hydrogen-bond acceptors (Lipinski definition) is 1. The standard InChI is InChI=1S/C48H38N2/c1-3-11-35(12-4-1)37-19-27-41(28-20-37)49(42-29-21-38(22-30-42)36-13-5-2-6-14-36)43-31-23-39(24-32-43)40-25-33-44(34-26-40)50-47-17-9-7-15-45(47)46-16-8-10-18-48(46)50/h1-21,23-28,31-34,42H,22,29-30H2. The molecule has 9 rings (SSSR count). The molecule has 0 N–H and O–H groups in total. The number of aromatic nitrogens is 1. The van der Waals surface area contributed by atoms with Gasteiger partial charge in [-0.2, -0.15) is 0 Å². The number of anilines is 2. The van der Waals surface area contributed by atoms with Crippen LogP contribution in [0.3, 0.4) is 0 Å². The minimum atomic E-state index is 0.376. The zero-order valence-corrected chi connectivity index (χ0v) is 28.0. The molecule has 0 saturated heterocycles. The molecule has 1 heterocycles. The molecule has 1 unspecified atom stereocenters. The zero-order chi connectivity index (χ0) is 33.3. The van der Waals surface area contributed by atoms with Gasteiger partial charge in [0, 0.05) is 33.9 Å². The van der Waals surface area contributed by atoms with Crippen LogP contribution in [0.5, 0.6) is 0 Å². The molecule has 1 atom stereocenters. The Hall–Kier alpha value is -6.12. The maximum absolute atomic E-state index is 2.56. The molecule has 8 aromatic rings. The van der Waals surface area contributed by atoms with Crippen molar-refractivity contribution in [3.8, 4) is 27.9 Å². The van der Waals surface area contributed by atoms with Crippen LogP contribution in [0, 0.1) is 0 Å². The van der Waals surface area contributed by atoms with Crippen LogP contribution in [-0.2, 0) is 0 Å². The Labute approximate surface area is 294 Å². The van der Waals surface area contributed by atoms with Crippen molar-refractivity contribution < 1.29 is 0 Å². The molecular weight excluding hydrogens is 605 g/mol. The number of benzene rings is 7. The van der Waals surface area contributed by atoms with Gasteiger partial charge < -0.3 is 9.47 Å². The molecule has 2 nitrogen and oxygen atoms in total. The van der Waals surface area contributed by atoms with Crippen LogP contribution >= 0.6 is 0 Å². The van der Waals surface area contributed by atoms with E-state index in [0.29, 0.717) is 6.04 Å². The number of hydrogen-bond donors (Lipinski definition) is 0. The first-order chi connectivity index (χ1) is 24.8. The number of para-hydroxylation sites is 2. The van der Waals surface area contributed by atoms with Gasteiger partial charge in [0.25, 0.3) is 0 Å². The van der Waals surface area contributed by atoms with Crippen LogP contribution < -0.4 is 4.90 Å². The molecular formula is C48H38N2. The lowest BCUT2D eigenvalue weighted by atomic mass is 9.89. The zero-order valence-electron chi connectivity index (χ0n) is 28.0. The molecule has 1 aliphatic rings. The van der Waals surface area contributed by atoms with Gasteiger partial charge in [-0.1, -0.05) is 140 Å². The molecule has 0 aliphatic heterocycles. The molecule has 2 heteroatoms. The van der Waals surface area contributed by atoms with E-state index in [4.69, 9.17) is 0 Å². The van der Waals surface area contributed by atoms with Crippen LogP contribution in [0.25, 0.3) is 55.3 Å². The molecule has 0 radical (unpaired) electrons. The molecule has 0 saturated carbocycles. The van der Waals surface area contributed by atoms with Crippen LogP contribution in [-0.4, -0.2) is 10.6 Å². The highest BCUT2D eigenvalue weighted by atomic mass is 15.2. The van der Waals surface area contributed by atoms with E-state index in [1.165, 1.54) is 72.3 Å². The van der Waals surface area contributed by atoms with E-state index < -0.39 is 0 Å². The van der Waals surface area contributed by atoms with Crippen molar-refractivity contribution in [1.82, 2.24) is 4.57 Å². The molecule has 0 amide bonds. The molecule has 1 aliphatic carbocycles. The second-order valence-electron chi connectivity index (χ2n) is 13.3. The van der Waals surface area contributed by atoms with E-state index in [1.54, 1.807) is 0 Å². The highest BCUT2D eigenvalue weighted by molar-refractivity contribution is 6.09. The Bertz CT molecular complexity index is 2370. The Morgan fingerprint density at radius 2 is 0.860 bits per heavy atom. The predicted octanol–water partition coefficient (Wildman–Crippen LogP) is 12.9. The summed E-state index contributed by atoms with van der Waals surface area (Å²) < 4.78 is 2.38. The largest absolute Gasteiger partial charge is 0.338 e. The topological polar surface area (TPSA) is 8.17 Å². The quantitative estimate of drug-likeness (QED) is 0.168. The number of allylic oxidation sites excluding steroid dienone is 1. The maximum Gasteiger partial charge on any atom is 0.0541 e. The van der Waals surface area contributed by atoms with Crippen LogP contribution in [0.1, 0.15) is 24.8 Å². The summed E-state index contributed by atoms with van der Waals surface area (Å²) in [5, 5.41) is 2.57. The third-order valence-corrected chi connectivity index (χ3v) is 10.3. The minimum absolute atomic E-state index is 0.376. The van der Waals surface area contributed by atoms with Gasteiger partial charge in [-0.25, -0.2) is 0 Å². The Morgan fingerprint density at radius 1 is 0.420 bits per heavy atom. The average molecular weight is 643 g/mol. The molecule has 0 fully saturated rings. The van der Waals surface area contributed by atoms with Gasteiger partial charge in [-0.15, -0.1) is 0 Å². The molecule has 7 aromatic carbocycles. The smallest absolute Gasteiger partial charge is 0.0541 e. The number of fused-ring (bicyclic) bond motifs is 3. The van der Waals surface area contributed by atoms with E-state index in [0.717, 1.165) is 19.3 Å². The van der Waals surface area contributed by atoms with Crippen molar-refractivity contribution in [2.75, 3.05) is 4.90 Å². The van der Waals surface area contributed by atoms with Gasteiger partial charge in [0.05, 0.1) is 11.0 Å². The summed E-state index contributed by atoms with van der Waals surface area (Å²) in [7, 11) is 0. The van der Waals surface area contributed by atoms with Crippen molar-refractivity contribution in [3.05, 3.63) is 194 Å². The molecule has 1 aromatic heterocycles. The first kappa shape index (κ1) is 30.0. The first-order valence-corrected chi connectivity index (χ1v) is 17.7. The molecule has 0 spiro atoms. The van der Waals surface area contributed by atoms with Gasteiger partial charge in [-0.3, -0.25) is 0 Å². The number of nitrogens with zero attached hydrogens (tertiary/aromatic N) is 2. The third kappa shape index (κ3) is 5.59. The fraction of sp³-hybridized carbons (Fsp3) is 0.0833. The van der Waals surface area contributed by atoms with Crippen molar-refractivity contribution in [3.63, 3.8) is 0 Å². The summed E-state index contributed by atoms with van der Waals surface area (Å²) in [6.45, 7) is 0. The number of rotatable bonds is 7. The average Bonchev–Trinajstić information content (AvgIpc) is 3.54. The summed E-state index contributed by atoms with van der Waals surface area (Å²) >= 11 is 0. The van der Waals surface area contributed by atoms with Gasteiger partial charge in [0.15, 0.2) is 0 Å². The van der Waals surface area contributed by atoms with E-state index in [2.05, 4.69) is 198 Å². The van der Waals surface area contributed by atoms with Gasteiger partial charge in [-0.05, 0) is 101 Å². The Morgan fingerprint density at radius 3 is 1.36 bits per heavy atom. The summed E-state index contributed by atoms with van der Waals surface area (Å²) in [5.41, 5.74) is 13.8.